The van der Waals surface area contributed by atoms with Gasteiger partial charge in [-0.15, -0.1) is 0 Å². The number of aldehydes is 1. The van der Waals surface area contributed by atoms with Gasteiger partial charge in [-0.1, -0.05) is 27.7 Å². The molecule has 0 aliphatic heterocycles. The van der Waals surface area contributed by atoms with Crippen molar-refractivity contribution in [2.24, 2.45) is 0 Å². The molecular formula is C23H25F3O2. The lowest BCUT2D eigenvalue weighted by molar-refractivity contribution is -0.137. The molecule has 0 bridgehead atoms. The molecule has 1 aliphatic carbocycles. The zero-order valence-corrected chi connectivity index (χ0v) is 16.8. The number of halogens is 3. The number of hydrogen-bond acceptors (Lipinski definition) is 2. The maximum atomic E-state index is 14.1. The smallest absolute Gasteiger partial charge is 0.417 e. The fraction of sp³-hybridized carbons (Fsp3) is 0.435. The summed E-state index contributed by atoms with van der Waals surface area (Å²) in [6.45, 7) is 8.12. The summed E-state index contributed by atoms with van der Waals surface area (Å²) in [5, 5.41) is 0. The number of benzene rings is 2. The molecule has 2 aromatic carbocycles. The van der Waals surface area contributed by atoms with E-state index in [2.05, 4.69) is 13.8 Å². The van der Waals surface area contributed by atoms with Crippen LogP contribution in [0.2, 0.25) is 0 Å². The largest absolute Gasteiger partial charge is 0.496 e. The molecule has 0 saturated carbocycles. The van der Waals surface area contributed by atoms with E-state index in [1.165, 1.54) is 31.4 Å². The van der Waals surface area contributed by atoms with Crippen molar-refractivity contribution in [1.29, 1.82) is 0 Å². The Labute approximate surface area is 163 Å². The number of ether oxygens (including phenoxy) is 1. The molecule has 150 valence electrons. The highest BCUT2D eigenvalue weighted by molar-refractivity contribution is 5.83. The van der Waals surface area contributed by atoms with Crippen LogP contribution < -0.4 is 4.74 Å². The van der Waals surface area contributed by atoms with Crippen LogP contribution in [0.5, 0.6) is 5.75 Å². The van der Waals surface area contributed by atoms with Crippen LogP contribution in [0.25, 0.3) is 11.1 Å². The van der Waals surface area contributed by atoms with Gasteiger partial charge in [0.05, 0.1) is 12.7 Å². The van der Waals surface area contributed by atoms with E-state index in [0.29, 0.717) is 17.6 Å². The molecule has 0 atom stereocenters. The molecule has 0 aromatic heterocycles. The van der Waals surface area contributed by atoms with Crippen LogP contribution in [0.3, 0.4) is 0 Å². The number of carbonyl (C=O) groups excluding carboxylic acids is 1. The minimum atomic E-state index is -4.52. The third kappa shape index (κ3) is 3.43. The Morgan fingerprint density at radius 1 is 0.929 bits per heavy atom. The molecule has 0 fully saturated rings. The lowest BCUT2D eigenvalue weighted by Crippen LogP contribution is -2.34. The fourth-order valence-electron chi connectivity index (χ4n) is 4.08. The first-order valence-electron chi connectivity index (χ1n) is 9.30. The lowest BCUT2D eigenvalue weighted by Gasteiger charge is -2.42. The van der Waals surface area contributed by atoms with E-state index in [1.807, 2.05) is 13.8 Å². The van der Waals surface area contributed by atoms with Crippen molar-refractivity contribution in [3.8, 4) is 16.9 Å². The zero-order valence-electron chi connectivity index (χ0n) is 16.8. The monoisotopic (exact) mass is 390 g/mol. The van der Waals surface area contributed by atoms with E-state index < -0.39 is 11.7 Å². The van der Waals surface area contributed by atoms with E-state index >= 15 is 0 Å². The van der Waals surface area contributed by atoms with Gasteiger partial charge in [0, 0.05) is 11.1 Å². The number of rotatable bonds is 3. The Morgan fingerprint density at radius 2 is 1.50 bits per heavy atom. The van der Waals surface area contributed by atoms with E-state index in [1.54, 1.807) is 6.07 Å². The highest BCUT2D eigenvalue weighted by Gasteiger charge is 2.42. The molecule has 0 heterocycles. The van der Waals surface area contributed by atoms with E-state index in [4.69, 9.17) is 4.74 Å². The van der Waals surface area contributed by atoms with E-state index in [-0.39, 0.29) is 22.0 Å². The second kappa shape index (κ2) is 6.64. The lowest BCUT2D eigenvalue weighted by atomic mass is 9.62. The Hall–Kier alpha value is -2.30. The molecular weight excluding hydrogens is 365 g/mol. The Kier molecular flexibility index (Phi) is 4.85. The number of alkyl halides is 3. The van der Waals surface area contributed by atoms with Crippen molar-refractivity contribution < 1.29 is 22.7 Å². The van der Waals surface area contributed by atoms with Gasteiger partial charge in [-0.3, -0.25) is 4.79 Å². The fourth-order valence-corrected chi connectivity index (χ4v) is 4.08. The molecule has 0 amide bonds. The average Bonchev–Trinajstić information content (AvgIpc) is 2.63. The SMILES string of the molecule is COc1ccc(C=O)cc1-c1cc2c(cc1C(F)(F)F)C(C)(C)CCC2(C)C. The molecule has 2 nitrogen and oxygen atoms in total. The molecule has 0 unspecified atom stereocenters. The maximum absolute atomic E-state index is 14.1. The summed E-state index contributed by atoms with van der Waals surface area (Å²) < 4.78 is 47.5. The van der Waals surface area contributed by atoms with Gasteiger partial charge < -0.3 is 4.74 Å². The molecule has 0 saturated heterocycles. The second-order valence-corrected chi connectivity index (χ2v) is 8.79. The molecule has 0 radical (unpaired) electrons. The summed E-state index contributed by atoms with van der Waals surface area (Å²) in [5.41, 5.74) is 1.03. The van der Waals surface area contributed by atoms with E-state index in [0.717, 1.165) is 24.0 Å². The summed E-state index contributed by atoms with van der Waals surface area (Å²) in [6.07, 6.45) is -2.18. The normalized spacial score (nSPS) is 17.7. The van der Waals surface area contributed by atoms with Crippen LogP contribution in [0.15, 0.2) is 30.3 Å². The van der Waals surface area contributed by atoms with Gasteiger partial charge in [0.2, 0.25) is 0 Å². The minimum absolute atomic E-state index is 0.0533. The number of fused-ring (bicyclic) bond motifs is 1. The second-order valence-electron chi connectivity index (χ2n) is 8.79. The van der Waals surface area contributed by atoms with Gasteiger partial charge in [0.25, 0.3) is 0 Å². The van der Waals surface area contributed by atoms with Gasteiger partial charge in [0.1, 0.15) is 12.0 Å². The first kappa shape index (κ1) is 20.4. The van der Waals surface area contributed by atoms with Gasteiger partial charge in [-0.2, -0.15) is 13.2 Å². The summed E-state index contributed by atoms with van der Waals surface area (Å²) in [7, 11) is 1.41. The molecule has 3 rings (SSSR count). The predicted molar refractivity (Wildman–Crippen MR) is 104 cm³/mol. The van der Waals surface area contributed by atoms with Crippen molar-refractivity contribution >= 4 is 6.29 Å². The van der Waals surface area contributed by atoms with Gasteiger partial charge in [-0.25, -0.2) is 0 Å². The van der Waals surface area contributed by atoms with Crippen molar-refractivity contribution in [3.05, 3.63) is 52.6 Å². The molecule has 5 heteroatoms. The molecule has 1 aliphatic rings. The Balaban J connectivity index is 2.41. The molecule has 2 aromatic rings. The number of carbonyl (C=O) groups is 1. The van der Waals surface area contributed by atoms with Crippen LogP contribution in [0, 0.1) is 0 Å². The van der Waals surface area contributed by atoms with Gasteiger partial charge >= 0.3 is 6.18 Å². The van der Waals surface area contributed by atoms with Crippen molar-refractivity contribution in [3.63, 3.8) is 0 Å². The van der Waals surface area contributed by atoms with Gasteiger partial charge in [-0.05, 0) is 70.7 Å². The molecule has 0 spiro atoms. The predicted octanol–water partition coefficient (Wildman–Crippen LogP) is 6.54. The Morgan fingerprint density at radius 3 is 2.00 bits per heavy atom. The van der Waals surface area contributed by atoms with Crippen LogP contribution in [0.4, 0.5) is 13.2 Å². The average molecular weight is 390 g/mol. The summed E-state index contributed by atoms with van der Waals surface area (Å²) in [4.78, 5) is 11.2. The Bertz CT molecular complexity index is 924. The molecule has 28 heavy (non-hydrogen) atoms. The van der Waals surface area contributed by atoms with Crippen LogP contribution >= 0.6 is 0 Å². The van der Waals surface area contributed by atoms with Gasteiger partial charge in [0.15, 0.2) is 0 Å². The standard InChI is InChI=1S/C23H25F3O2/c1-21(2)8-9-22(3,4)19-12-17(23(24,25)26)15(11-18(19)21)16-10-14(13-27)6-7-20(16)28-5/h6-7,10-13H,8-9H2,1-5H3. The topological polar surface area (TPSA) is 26.3 Å². The van der Waals surface area contributed by atoms with Crippen LogP contribution in [0.1, 0.15) is 67.6 Å². The highest BCUT2D eigenvalue weighted by Crippen LogP contribution is 2.50. The third-order valence-corrected chi connectivity index (χ3v) is 5.95. The minimum Gasteiger partial charge on any atom is -0.496 e. The summed E-state index contributed by atoms with van der Waals surface area (Å²) >= 11 is 0. The first-order chi connectivity index (χ1) is 12.9. The van der Waals surface area contributed by atoms with Crippen molar-refractivity contribution in [1.82, 2.24) is 0 Å². The van der Waals surface area contributed by atoms with Crippen LogP contribution in [-0.2, 0) is 17.0 Å². The third-order valence-electron chi connectivity index (χ3n) is 5.95. The number of methoxy groups -OCH3 is 1. The van der Waals surface area contributed by atoms with Crippen molar-refractivity contribution in [2.45, 2.75) is 57.5 Å². The van der Waals surface area contributed by atoms with E-state index in [9.17, 15) is 18.0 Å². The number of hydrogen-bond donors (Lipinski definition) is 0. The molecule has 0 N–H and O–H groups in total. The first-order valence-corrected chi connectivity index (χ1v) is 9.30. The van der Waals surface area contributed by atoms with Crippen molar-refractivity contribution in [2.75, 3.05) is 7.11 Å². The summed E-state index contributed by atoms with van der Waals surface area (Å²) in [6, 6.07) is 7.50. The quantitative estimate of drug-likeness (QED) is 0.556. The van der Waals surface area contributed by atoms with Crippen LogP contribution in [-0.4, -0.2) is 13.4 Å². The maximum Gasteiger partial charge on any atom is 0.417 e. The zero-order chi connectivity index (χ0) is 20.9. The summed E-state index contributed by atoms with van der Waals surface area (Å²) in [5.74, 6) is 0.309. The highest BCUT2D eigenvalue weighted by atomic mass is 19.4.